The first-order valence-electron chi connectivity index (χ1n) is 5.39. The zero-order valence-corrected chi connectivity index (χ0v) is 8.95. The van der Waals surface area contributed by atoms with Crippen molar-refractivity contribution >= 4 is 17.0 Å². The van der Waals surface area contributed by atoms with Crippen molar-refractivity contribution in [1.82, 2.24) is 9.97 Å². The number of fused-ring (bicyclic) bond motifs is 1. The molecule has 1 saturated carbocycles. The van der Waals surface area contributed by atoms with Gasteiger partial charge < -0.3 is 10.1 Å². The molecule has 0 radical (unpaired) electrons. The molecule has 2 aromatic rings. The van der Waals surface area contributed by atoms with E-state index in [1.54, 1.807) is 6.92 Å². The molecular formula is C12H12N2O2. The number of carboxylic acid groups (broad SMARTS) is 1. The van der Waals surface area contributed by atoms with Crippen LogP contribution in [-0.2, 0) is 0 Å². The number of carboxylic acids is 1. The molecule has 0 atom stereocenters. The maximum atomic E-state index is 11.1. The number of nitrogens with one attached hydrogen (secondary N) is 1. The van der Waals surface area contributed by atoms with E-state index in [1.165, 1.54) is 12.8 Å². The highest BCUT2D eigenvalue weighted by atomic mass is 16.4. The molecule has 0 spiro atoms. The third-order valence-electron chi connectivity index (χ3n) is 3.06. The number of pyridine rings is 1. The van der Waals surface area contributed by atoms with Gasteiger partial charge in [-0.1, -0.05) is 0 Å². The number of hydrogen-bond donors (Lipinski definition) is 2. The van der Waals surface area contributed by atoms with Crippen molar-refractivity contribution in [3.8, 4) is 0 Å². The Morgan fingerprint density at radius 2 is 2.25 bits per heavy atom. The second-order valence-electron chi connectivity index (χ2n) is 4.34. The number of hydrogen-bond acceptors (Lipinski definition) is 2. The molecule has 1 fully saturated rings. The van der Waals surface area contributed by atoms with Crippen LogP contribution in [-0.4, -0.2) is 21.0 Å². The maximum absolute atomic E-state index is 11.1. The number of rotatable bonds is 2. The minimum Gasteiger partial charge on any atom is -0.478 e. The van der Waals surface area contributed by atoms with Crippen molar-refractivity contribution in [2.45, 2.75) is 25.7 Å². The summed E-state index contributed by atoms with van der Waals surface area (Å²) in [5, 5.41) is 9.14. The number of aromatic amines is 1. The van der Waals surface area contributed by atoms with Crippen LogP contribution in [0.4, 0.5) is 0 Å². The number of H-pyrrole nitrogens is 1. The van der Waals surface area contributed by atoms with Gasteiger partial charge in [0.2, 0.25) is 0 Å². The Hall–Kier alpha value is -1.84. The van der Waals surface area contributed by atoms with Crippen molar-refractivity contribution in [2.24, 2.45) is 0 Å². The molecule has 0 saturated heterocycles. The Bertz CT molecular complexity index is 582. The van der Waals surface area contributed by atoms with Gasteiger partial charge in [0.15, 0.2) is 0 Å². The van der Waals surface area contributed by atoms with Crippen LogP contribution >= 0.6 is 0 Å². The Morgan fingerprint density at radius 3 is 2.88 bits per heavy atom. The quantitative estimate of drug-likeness (QED) is 0.810. The monoisotopic (exact) mass is 216 g/mol. The van der Waals surface area contributed by atoms with Crippen LogP contribution in [0.5, 0.6) is 0 Å². The van der Waals surface area contributed by atoms with E-state index in [0.29, 0.717) is 22.7 Å². The van der Waals surface area contributed by atoms with E-state index in [1.807, 2.05) is 12.1 Å². The average Bonchev–Trinajstić information content (AvgIpc) is 2.99. The highest BCUT2D eigenvalue weighted by molar-refractivity contribution is 6.02. The molecule has 3 rings (SSSR count). The van der Waals surface area contributed by atoms with Crippen molar-refractivity contribution in [1.29, 1.82) is 0 Å². The smallest absolute Gasteiger partial charge is 0.339 e. The summed E-state index contributed by atoms with van der Waals surface area (Å²) in [6, 6.07) is 3.91. The minimum absolute atomic E-state index is 0.303. The molecule has 2 N–H and O–H groups in total. The number of carbonyl (C=O) groups is 1. The highest BCUT2D eigenvalue weighted by Gasteiger charge is 2.26. The molecule has 4 nitrogen and oxygen atoms in total. The number of aryl methyl sites for hydroxylation is 1. The lowest BCUT2D eigenvalue weighted by Gasteiger charge is -1.98. The van der Waals surface area contributed by atoms with Crippen LogP contribution < -0.4 is 0 Å². The van der Waals surface area contributed by atoms with Gasteiger partial charge in [-0.2, -0.15) is 0 Å². The summed E-state index contributed by atoms with van der Waals surface area (Å²) in [5.41, 5.74) is 3.39. The van der Waals surface area contributed by atoms with Crippen LogP contribution in [0.2, 0.25) is 0 Å². The van der Waals surface area contributed by atoms with Crippen LogP contribution in [0.15, 0.2) is 12.1 Å². The summed E-state index contributed by atoms with van der Waals surface area (Å²) < 4.78 is 0. The van der Waals surface area contributed by atoms with Gasteiger partial charge >= 0.3 is 5.97 Å². The largest absolute Gasteiger partial charge is 0.478 e. The molecule has 0 aromatic carbocycles. The maximum Gasteiger partial charge on any atom is 0.339 e. The van der Waals surface area contributed by atoms with Gasteiger partial charge in [-0.05, 0) is 31.9 Å². The fourth-order valence-corrected chi connectivity index (χ4v) is 2.08. The molecule has 0 amide bonds. The van der Waals surface area contributed by atoms with Crippen LogP contribution in [0.3, 0.4) is 0 Å². The number of nitrogens with zero attached hydrogens (tertiary/aromatic N) is 1. The van der Waals surface area contributed by atoms with Crippen molar-refractivity contribution in [2.75, 3.05) is 0 Å². The number of aromatic carboxylic acids is 1. The summed E-state index contributed by atoms with van der Waals surface area (Å²) in [5.74, 6) is -0.370. The molecule has 0 unspecified atom stereocenters. The average molecular weight is 216 g/mol. The van der Waals surface area contributed by atoms with E-state index < -0.39 is 5.97 Å². The molecule has 2 heterocycles. The van der Waals surface area contributed by atoms with E-state index in [-0.39, 0.29) is 0 Å². The van der Waals surface area contributed by atoms with E-state index in [0.717, 1.165) is 11.2 Å². The zero-order chi connectivity index (χ0) is 11.3. The van der Waals surface area contributed by atoms with E-state index in [9.17, 15) is 4.79 Å². The van der Waals surface area contributed by atoms with Gasteiger partial charge in [0.05, 0.1) is 5.52 Å². The molecular weight excluding hydrogens is 204 g/mol. The summed E-state index contributed by atoms with van der Waals surface area (Å²) in [6.07, 6.45) is 2.34. The van der Waals surface area contributed by atoms with Gasteiger partial charge in [-0.25, -0.2) is 4.79 Å². The molecule has 1 aliphatic rings. The first-order chi connectivity index (χ1) is 7.66. The Kier molecular flexibility index (Phi) is 1.80. The molecule has 82 valence electrons. The van der Waals surface area contributed by atoms with Crippen molar-refractivity contribution in [3.05, 3.63) is 29.1 Å². The third kappa shape index (κ3) is 1.30. The first kappa shape index (κ1) is 9.39. The summed E-state index contributed by atoms with van der Waals surface area (Å²) >= 11 is 0. The topological polar surface area (TPSA) is 66.0 Å². The van der Waals surface area contributed by atoms with E-state index >= 15 is 0 Å². The Morgan fingerprint density at radius 1 is 1.50 bits per heavy atom. The molecule has 0 bridgehead atoms. The van der Waals surface area contributed by atoms with Crippen LogP contribution in [0.1, 0.15) is 40.5 Å². The minimum atomic E-state index is -0.913. The first-order valence-corrected chi connectivity index (χ1v) is 5.39. The lowest BCUT2D eigenvalue weighted by molar-refractivity contribution is 0.0698. The van der Waals surface area contributed by atoms with Gasteiger partial charge in [0.1, 0.15) is 11.1 Å². The second kappa shape index (κ2) is 3.07. The SMILES string of the molecule is Cc1[nH]c2ccc(C3CC3)nc2c1C(=O)O. The van der Waals surface area contributed by atoms with E-state index in [2.05, 4.69) is 9.97 Å². The molecule has 1 aliphatic carbocycles. The molecule has 2 aromatic heterocycles. The standard InChI is InChI=1S/C12H12N2O2/c1-6-10(12(15)16)11-9(13-6)5-4-8(14-11)7-2-3-7/h4-5,7,13H,2-3H2,1H3,(H,15,16). The summed E-state index contributed by atoms with van der Waals surface area (Å²) in [4.78, 5) is 18.7. The summed E-state index contributed by atoms with van der Waals surface area (Å²) in [6.45, 7) is 1.77. The molecule has 4 heteroatoms. The predicted octanol–water partition coefficient (Wildman–Crippen LogP) is 2.45. The van der Waals surface area contributed by atoms with Gasteiger partial charge in [-0.3, -0.25) is 4.98 Å². The fraction of sp³-hybridized carbons (Fsp3) is 0.333. The molecule has 16 heavy (non-hydrogen) atoms. The van der Waals surface area contributed by atoms with Crippen molar-refractivity contribution in [3.63, 3.8) is 0 Å². The van der Waals surface area contributed by atoms with Gasteiger partial charge in [-0.15, -0.1) is 0 Å². The van der Waals surface area contributed by atoms with Gasteiger partial charge in [0, 0.05) is 17.3 Å². The Labute approximate surface area is 92.3 Å². The number of aromatic nitrogens is 2. The Balaban J connectivity index is 2.26. The molecule has 0 aliphatic heterocycles. The lowest BCUT2D eigenvalue weighted by atomic mass is 10.2. The lowest BCUT2D eigenvalue weighted by Crippen LogP contribution is -1.98. The second-order valence-corrected chi connectivity index (χ2v) is 4.34. The highest BCUT2D eigenvalue weighted by Crippen LogP contribution is 2.39. The van der Waals surface area contributed by atoms with Gasteiger partial charge in [0.25, 0.3) is 0 Å². The zero-order valence-electron chi connectivity index (χ0n) is 8.95. The van der Waals surface area contributed by atoms with E-state index in [4.69, 9.17) is 5.11 Å². The third-order valence-corrected chi connectivity index (χ3v) is 3.06. The normalized spacial score (nSPS) is 15.6. The summed E-state index contributed by atoms with van der Waals surface area (Å²) in [7, 11) is 0. The van der Waals surface area contributed by atoms with Crippen LogP contribution in [0, 0.1) is 6.92 Å². The predicted molar refractivity (Wildman–Crippen MR) is 59.8 cm³/mol. The van der Waals surface area contributed by atoms with Crippen molar-refractivity contribution < 1.29 is 9.90 Å². The fourth-order valence-electron chi connectivity index (χ4n) is 2.08. The van der Waals surface area contributed by atoms with Crippen LogP contribution in [0.25, 0.3) is 11.0 Å².